The number of allylic oxidation sites excluding steroid dienone is 2. The fourth-order valence-corrected chi connectivity index (χ4v) is 2.66. The van der Waals surface area contributed by atoms with Crippen molar-refractivity contribution >= 4 is 5.69 Å². The maximum atomic E-state index is 6.59. The van der Waals surface area contributed by atoms with E-state index >= 15 is 0 Å². The summed E-state index contributed by atoms with van der Waals surface area (Å²) >= 11 is 0. The molecule has 0 heterocycles. The molecule has 2 heteroatoms. The van der Waals surface area contributed by atoms with Crippen LogP contribution in [0.15, 0.2) is 72.8 Å². The summed E-state index contributed by atoms with van der Waals surface area (Å²) in [6, 6.07) is 16.2. The van der Waals surface area contributed by atoms with Gasteiger partial charge in [-0.1, -0.05) is 60.7 Å². The Bertz CT molecular complexity index is 671. The molecule has 0 saturated heterocycles. The lowest BCUT2D eigenvalue weighted by Crippen LogP contribution is -2.35. The molecule has 1 atom stereocenters. The molecule has 0 radical (unpaired) electrons. The van der Waals surface area contributed by atoms with Gasteiger partial charge in [0.05, 0.1) is 5.54 Å². The SMILES string of the molecule is Nc1ccc(C2(N)C=CC=CC2)c(-c2ccccc2)c1. The lowest BCUT2D eigenvalue weighted by atomic mass is 9.80. The molecule has 0 aliphatic heterocycles. The van der Waals surface area contributed by atoms with Gasteiger partial charge >= 0.3 is 0 Å². The molecular weight excluding hydrogens is 244 g/mol. The van der Waals surface area contributed by atoms with Gasteiger partial charge in [-0.2, -0.15) is 0 Å². The number of nitrogen functional groups attached to an aromatic ring is 1. The van der Waals surface area contributed by atoms with Crippen molar-refractivity contribution in [1.29, 1.82) is 0 Å². The zero-order valence-corrected chi connectivity index (χ0v) is 11.3. The average molecular weight is 262 g/mol. The topological polar surface area (TPSA) is 52.0 Å². The van der Waals surface area contributed by atoms with Gasteiger partial charge in [0.1, 0.15) is 0 Å². The van der Waals surface area contributed by atoms with E-state index in [-0.39, 0.29) is 0 Å². The van der Waals surface area contributed by atoms with E-state index in [1.165, 1.54) is 0 Å². The fraction of sp³-hybridized carbons (Fsp3) is 0.111. The molecule has 2 aromatic rings. The van der Waals surface area contributed by atoms with Crippen LogP contribution in [0.2, 0.25) is 0 Å². The molecule has 100 valence electrons. The maximum Gasteiger partial charge on any atom is 0.0639 e. The number of hydrogen-bond donors (Lipinski definition) is 2. The Morgan fingerprint density at radius 3 is 2.45 bits per heavy atom. The normalized spacial score (nSPS) is 21.1. The Morgan fingerprint density at radius 2 is 1.75 bits per heavy atom. The third-order valence-corrected chi connectivity index (χ3v) is 3.73. The molecule has 0 fully saturated rings. The fourth-order valence-electron chi connectivity index (χ4n) is 2.66. The minimum Gasteiger partial charge on any atom is -0.399 e. The molecular formula is C18H18N2. The monoisotopic (exact) mass is 262 g/mol. The maximum absolute atomic E-state index is 6.59. The van der Waals surface area contributed by atoms with E-state index in [9.17, 15) is 0 Å². The van der Waals surface area contributed by atoms with E-state index < -0.39 is 5.54 Å². The van der Waals surface area contributed by atoms with E-state index in [1.807, 2.05) is 48.6 Å². The Balaban J connectivity index is 2.17. The predicted molar refractivity (Wildman–Crippen MR) is 85.1 cm³/mol. The zero-order chi connectivity index (χ0) is 14.0. The highest BCUT2D eigenvalue weighted by molar-refractivity contribution is 5.73. The standard InChI is InChI=1S/C18H18N2/c19-15-9-10-17(18(20)11-5-2-6-12-18)16(13-15)14-7-3-1-4-8-14/h1-11,13H,12,19-20H2. The number of hydrogen-bond acceptors (Lipinski definition) is 2. The predicted octanol–water partition coefficient (Wildman–Crippen LogP) is 3.61. The van der Waals surface area contributed by atoms with Gasteiger partial charge in [0.2, 0.25) is 0 Å². The average Bonchev–Trinajstić information content (AvgIpc) is 2.48. The Morgan fingerprint density at radius 1 is 0.950 bits per heavy atom. The van der Waals surface area contributed by atoms with Gasteiger partial charge in [-0.25, -0.2) is 0 Å². The molecule has 0 saturated carbocycles. The molecule has 1 unspecified atom stereocenters. The number of benzene rings is 2. The van der Waals surface area contributed by atoms with Crippen LogP contribution in [-0.2, 0) is 5.54 Å². The summed E-state index contributed by atoms with van der Waals surface area (Å²) in [6.07, 6.45) is 9.00. The summed E-state index contributed by atoms with van der Waals surface area (Å²) in [4.78, 5) is 0. The quantitative estimate of drug-likeness (QED) is 0.812. The highest BCUT2D eigenvalue weighted by atomic mass is 14.7. The molecule has 0 spiro atoms. The van der Waals surface area contributed by atoms with Crippen LogP contribution in [-0.4, -0.2) is 0 Å². The second-order valence-corrected chi connectivity index (χ2v) is 5.20. The van der Waals surface area contributed by atoms with Gasteiger partial charge in [0.25, 0.3) is 0 Å². The number of anilines is 1. The van der Waals surface area contributed by atoms with E-state index in [2.05, 4.69) is 24.3 Å². The van der Waals surface area contributed by atoms with Crippen molar-refractivity contribution in [2.75, 3.05) is 5.73 Å². The first-order chi connectivity index (χ1) is 9.69. The van der Waals surface area contributed by atoms with Gasteiger partial charge in [0, 0.05) is 5.69 Å². The summed E-state index contributed by atoms with van der Waals surface area (Å²) in [5.41, 5.74) is 16.2. The molecule has 20 heavy (non-hydrogen) atoms. The molecule has 0 bridgehead atoms. The molecule has 0 amide bonds. The first-order valence-electron chi connectivity index (χ1n) is 6.78. The Labute approximate surface area is 119 Å². The van der Waals surface area contributed by atoms with E-state index in [0.29, 0.717) is 0 Å². The van der Waals surface area contributed by atoms with Crippen LogP contribution < -0.4 is 11.5 Å². The summed E-state index contributed by atoms with van der Waals surface area (Å²) in [7, 11) is 0. The molecule has 2 aromatic carbocycles. The number of rotatable bonds is 2. The van der Waals surface area contributed by atoms with Crippen molar-refractivity contribution in [3.8, 4) is 11.1 Å². The molecule has 4 N–H and O–H groups in total. The van der Waals surface area contributed by atoms with Crippen molar-refractivity contribution in [2.45, 2.75) is 12.0 Å². The van der Waals surface area contributed by atoms with Crippen LogP contribution in [0.4, 0.5) is 5.69 Å². The lowest BCUT2D eigenvalue weighted by Gasteiger charge is -2.29. The van der Waals surface area contributed by atoms with Crippen molar-refractivity contribution in [2.24, 2.45) is 5.73 Å². The van der Waals surface area contributed by atoms with Crippen molar-refractivity contribution in [3.63, 3.8) is 0 Å². The largest absolute Gasteiger partial charge is 0.399 e. The molecule has 1 aliphatic rings. The van der Waals surface area contributed by atoms with Crippen LogP contribution in [0.25, 0.3) is 11.1 Å². The molecule has 1 aliphatic carbocycles. The van der Waals surface area contributed by atoms with E-state index in [4.69, 9.17) is 11.5 Å². The summed E-state index contributed by atoms with van der Waals surface area (Å²) in [5.74, 6) is 0. The van der Waals surface area contributed by atoms with Crippen LogP contribution in [0.5, 0.6) is 0 Å². The lowest BCUT2D eigenvalue weighted by molar-refractivity contribution is 0.567. The van der Waals surface area contributed by atoms with Crippen LogP contribution in [0.3, 0.4) is 0 Å². The Kier molecular flexibility index (Phi) is 3.17. The second kappa shape index (κ2) is 4.99. The summed E-state index contributed by atoms with van der Waals surface area (Å²) in [6.45, 7) is 0. The third-order valence-electron chi connectivity index (χ3n) is 3.73. The third kappa shape index (κ3) is 2.26. The highest BCUT2D eigenvalue weighted by Gasteiger charge is 2.27. The molecule has 0 aromatic heterocycles. The van der Waals surface area contributed by atoms with Gasteiger partial charge in [-0.05, 0) is 35.2 Å². The van der Waals surface area contributed by atoms with Crippen molar-refractivity contribution in [1.82, 2.24) is 0 Å². The summed E-state index contributed by atoms with van der Waals surface area (Å²) in [5, 5.41) is 0. The van der Waals surface area contributed by atoms with Crippen LogP contribution in [0, 0.1) is 0 Å². The van der Waals surface area contributed by atoms with Crippen LogP contribution in [0.1, 0.15) is 12.0 Å². The summed E-state index contributed by atoms with van der Waals surface area (Å²) < 4.78 is 0. The zero-order valence-electron chi connectivity index (χ0n) is 11.3. The minimum absolute atomic E-state index is 0.465. The van der Waals surface area contributed by atoms with Gasteiger partial charge in [0.15, 0.2) is 0 Å². The first-order valence-corrected chi connectivity index (χ1v) is 6.78. The van der Waals surface area contributed by atoms with E-state index in [0.717, 1.165) is 28.8 Å². The number of nitrogens with two attached hydrogens (primary N) is 2. The van der Waals surface area contributed by atoms with Gasteiger partial charge < -0.3 is 11.5 Å². The smallest absolute Gasteiger partial charge is 0.0639 e. The molecule has 2 nitrogen and oxygen atoms in total. The van der Waals surface area contributed by atoms with Gasteiger partial charge in [-0.3, -0.25) is 0 Å². The van der Waals surface area contributed by atoms with Crippen molar-refractivity contribution in [3.05, 3.63) is 78.4 Å². The minimum atomic E-state index is -0.465. The first kappa shape index (κ1) is 12.7. The Hall–Kier alpha value is -2.32. The second-order valence-electron chi connectivity index (χ2n) is 5.20. The molecule has 3 rings (SSSR count). The van der Waals surface area contributed by atoms with Crippen LogP contribution >= 0.6 is 0 Å². The highest BCUT2D eigenvalue weighted by Crippen LogP contribution is 2.36. The van der Waals surface area contributed by atoms with Gasteiger partial charge in [-0.15, -0.1) is 0 Å². The van der Waals surface area contributed by atoms with Crippen molar-refractivity contribution < 1.29 is 0 Å². The van der Waals surface area contributed by atoms with E-state index in [1.54, 1.807) is 0 Å².